The van der Waals surface area contributed by atoms with Crippen molar-refractivity contribution in [3.05, 3.63) is 0 Å². The van der Waals surface area contributed by atoms with Gasteiger partial charge in [0.15, 0.2) is 0 Å². The first-order chi connectivity index (χ1) is 8.58. The Labute approximate surface area is 112 Å². The zero-order valence-corrected chi connectivity index (χ0v) is 12.3. The molecule has 1 rings (SSSR count). The summed E-state index contributed by atoms with van der Waals surface area (Å²) in [5.41, 5.74) is 0. The number of nitrogens with one attached hydrogen (secondary N) is 1. The molecular weight excluding hydrogens is 226 g/mol. The van der Waals surface area contributed by atoms with Crippen molar-refractivity contribution < 1.29 is 9.84 Å². The lowest BCUT2D eigenvalue weighted by atomic mass is 9.82. The number of hydrogen-bond acceptors (Lipinski definition) is 3. The molecule has 0 heterocycles. The second kappa shape index (κ2) is 8.89. The molecule has 0 aromatic carbocycles. The molecule has 3 nitrogen and oxygen atoms in total. The van der Waals surface area contributed by atoms with Crippen molar-refractivity contribution >= 4 is 0 Å². The van der Waals surface area contributed by atoms with Crippen LogP contribution in [-0.4, -0.2) is 37.5 Å². The molecule has 0 radical (unpaired) electrons. The van der Waals surface area contributed by atoms with Crippen LogP contribution in [0, 0.1) is 17.8 Å². The van der Waals surface area contributed by atoms with Gasteiger partial charge in [0.05, 0.1) is 12.7 Å². The minimum absolute atomic E-state index is 0.371. The van der Waals surface area contributed by atoms with Gasteiger partial charge in [-0.2, -0.15) is 0 Å². The molecule has 3 heteroatoms. The van der Waals surface area contributed by atoms with Crippen molar-refractivity contribution in [2.24, 2.45) is 17.8 Å². The Morgan fingerprint density at radius 3 is 2.72 bits per heavy atom. The molecule has 0 saturated heterocycles. The van der Waals surface area contributed by atoms with Crippen LogP contribution in [0.1, 0.15) is 46.5 Å². The van der Waals surface area contributed by atoms with Crippen molar-refractivity contribution in [2.75, 3.05) is 26.3 Å². The van der Waals surface area contributed by atoms with Crippen LogP contribution >= 0.6 is 0 Å². The smallest absolute Gasteiger partial charge is 0.0897 e. The van der Waals surface area contributed by atoms with Gasteiger partial charge in [0.2, 0.25) is 0 Å². The molecule has 0 aliphatic heterocycles. The fraction of sp³-hybridized carbons (Fsp3) is 1.00. The zero-order valence-electron chi connectivity index (χ0n) is 12.3. The first kappa shape index (κ1) is 15.9. The third kappa shape index (κ3) is 7.34. The molecular formula is C15H31NO2. The quantitative estimate of drug-likeness (QED) is 0.702. The van der Waals surface area contributed by atoms with E-state index in [2.05, 4.69) is 26.1 Å². The summed E-state index contributed by atoms with van der Waals surface area (Å²) in [6.07, 6.45) is 5.07. The molecule has 0 bridgehead atoms. The van der Waals surface area contributed by atoms with Crippen LogP contribution in [0.3, 0.4) is 0 Å². The summed E-state index contributed by atoms with van der Waals surface area (Å²) in [7, 11) is 0. The Morgan fingerprint density at radius 1 is 1.28 bits per heavy atom. The molecule has 108 valence electrons. The van der Waals surface area contributed by atoms with Gasteiger partial charge in [-0.25, -0.2) is 0 Å². The molecule has 3 atom stereocenters. The summed E-state index contributed by atoms with van der Waals surface area (Å²) in [6, 6.07) is 0. The van der Waals surface area contributed by atoms with E-state index in [-0.39, 0.29) is 6.10 Å². The van der Waals surface area contributed by atoms with Gasteiger partial charge in [-0.15, -0.1) is 0 Å². The Morgan fingerprint density at radius 2 is 2.06 bits per heavy atom. The van der Waals surface area contributed by atoms with Crippen LogP contribution in [0.15, 0.2) is 0 Å². The van der Waals surface area contributed by atoms with E-state index >= 15 is 0 Å². The minimum atomic E-state index is -0.371. The average molecular weight is 257 g/mol. The van der Waals surface area contributed by atoms with Gasteiger partial charge in [-0.05, 0) is 37.1 Å². The third-order valence-electron chi connectivity index (χ3n) is 3.62. The number of rotatable bonds is 8. The molecule has 3 unspecified atom stereocenters. The number of aliphatic hydroxyl groups is 1. The number of hydrogen-bond donors (Lipinski definition) is 2. The van der Waals surface area contributed by atoms with Crippen LogP contribution in [0.5, 0.6) is 0 Å². The molecule has 0 aromatic rings. The number of ether oxygens (including phenoxy) is 1. The second-order valence-electron chi connectivity index (χ2n) is 6.38. The summed E-state index contributed by atoms with van der Waals surface area (Å²) in [4.78, 5) is 0. The third-order valence-corrected chi connectivity index (χ3v) is 3.62. The molecule has 1 aliphatic rings. The predicted octanol–water partition coefficient (Wildman–Crippen LogP) is 2.44. The van der Waals surface area contributed by atoms with Gasteiger partial charge in [0.1, 0.15) is 0 Å². The molecule has 0 spiro atoms. The van der Waals surface area contributed by atoms with E-state index in [1.807, 2.05) is 0 Å². The lowest BCUT2D eigenvalue weighted by Crippen LogP contribution is -2.34. The van der Waals surface area contributed by atoms with E-state index in [4.69, 9.17) is 4.74 Å². The summed E-state index contributed by atoms with van der Waals surface area (Å²) < 4.78 is 5.43. The van der Waals surface area contributed by atoms with Crippen LogP contribution < -0.4 is 5.32 Å². The maximum absolute atomic E-state index is 9.76. The van der Waals surface area contributed by atoms with Crippen LogP contribution in [-0.2, 0) is 4.74 Å². The lowest BCUT2D eigenvalue weighted by molar-refractivity contribution is 0.0255. The first-order valence-electron chi connectivity index (χ1n) is 7.54. The molecule has 1 fully saturated rings. The highest BCUT2D eigenvalue weighted by Crippen LogP contribution is 2.27. The van der Waals surface area contributed by atoms with E-state index in [1.54, 1.807) is 0 Å². The topological polar surface area (TPSA) is 41.5 Å². The van der Waals surface area contributed by atoms with E-state index < -0.39 is 0 Å². The van der Waals surface area contributed by atoms with Crippen LogP contribution in [0.4, 0.5) is 0 Å². The highest BCUT2D eigenvalue weighted by atomic mass is 16.5. The fourth-order valence-electron chi connectivity index (χ4n) is 2.70. The van der Waals surface area contributed by atoms with E-state index in [0.29, 0.717) is 19.1 Å². The van der Waals surface area contributed by atoms with Crippen molar-refractivity contribution in [1.82, 2.24) is 5.32 Å². The number of aliphatic hydroxyl groups excluding tert-OH is 1. The van der Waals surface area contributed by atoms with Crippen molar-refractivity contribution in [2.45, 2.75) is 52.6 Å². The minimum Gasteiger partial charge on any atom is -0.389 e. The highest BCUT2D eigenvalue weighted by Gasteiger charge is 2.18. The zero-order chi connectivity index (χ0) is 13.4. The molecule has 0 amide bonds. The van der Waals surface area contributed by atoms with Gasteiger partial charge in [0, 0.05) is 13.2 Å². The second-order valence-corrected chi connectivity index (χ2v) is 6.38. The Hall–Kier alpha value is -0.120. The monoisotopic (exact) mass is 257 g/mol. The largest absolute Gasteiger partial charge is 0.389 e. The van der Waals surface area contributed by atoms with Crippen molar-refractivity contribution in [3.8, 4) is 0 Å². The molecule has 1 aliphatic carbocycles. The lowest BCUT2D eigenvalue weighted by Gasteiger charge is -2.27. The highest BCUT2D eigenvalue weighted by molar-refractivity contribution is 4.73. The Kier molecular flexibility index (Phi) is 7.87. The van der Waals surface area contributed by atoms with Crippen molar-refractivity contribution in [1.29, 1.82) is 0 Å². The Bertz CT molecular complexity index is 209. The Balaban J connectivity index is 1.99. The first-order valence-corrected chi connectivity index (χ1v) is 7.54. The van der Waals surface area contributed by atoms with Gasteiger partial charge in [-0.1, -0.05) is 33.6 Å². The van der Waals surface area contributed by atoms with Gasteiger partial charge in [0.25, 0.3) is 0 Å². The van der Waals surface area contributed by atoms with Gasteiger partial charge >= 0.3 is 0 Å². The maximum atomic E-state index is 9.76. The molecule has 0 aromatic heterocycles. The van der Waals surface area contributed by atoms with Crippen molar-refractivity contribution in [3.63, 3.8) is 0 Å². The standard InChI is InChI=1S/C15H31NO2/c1-12(2)10-18-11-15(17)9-16-8-14-6-4-5-13(3)7-14/h12-17H,4-11H2,1-3H3. The van der Waals surface area contributed by atoms with E-state index in [9.17, 15) is 5.11 Å². The molecule has 2 N–H and O–H groups in total. The molecule has 1 saturated carbocycles. The van der Waals surface area contributed by atoms with Crippen LogP contribution in [0.25, 0.3) is 0 Å². The average Bonchev–Trinajstić information content (AvgIpc) is 2.28. The summed E-state index contributed by atoms with van der Waals surface area (Å²) in [6.45, 7) is 9.47. The SMILES string of the molecule is CC(C)COCC(O)CNCC1CCCC(C)C1. The van der Waals surface area contributed by atoms with Crippen LogP contribution in [0.2, 0.25) is 0 Å². The summed E-state index contributed by atoms with van der Waals surface area (Å²) >= 11 is 0. The summed E-state index contributed by atoms with van der Waals surface area (Å²) in [5, 5.41) is 13.1. The van der Waals surface area contributed by atoms with E-state index in [1.165, 1.54) is 25.7 Å². The fourth-order valence-corrected chi connectivity index (χ4v) is 2.70. The van der Waals surface area contributed by atoms with Gasteiger partial charge in [-0.3, -0.25) is 0 Å². The summed E-state index contributed by atoms with van der Waals surface area (Å²) in [5.74, 6) is 2.22. The predicted molar refractivity (Wildman–Crippen MR) is 75.7 cm³/mol. The molecule has 18 heavy (non-hydrogen) atoms. The van der Waals surface area contributed by atoms with E-state index in [0.717, 1.165) is 25.0 Å². The normalized spacial score (nSPS) is 26.5. The van der Waals surface area contributed by atoms with Gasteiger partial charge < -0.3 is 15.2 Å². The maximum Gasteiger partial charge on any atom is 0.0897 e.